The summed E-state index contributed by atoms with van der Waals surface area (Å²) in [7, 11) is -10.1. The van der Waals surface area contributed by atoms with Crippen molar-refractivity contribution >= 4 is 33.8 Å². The first-order valence-electron chi connectivity index (χ1n) is 9.21. The molecule has 0 aliphatic heterocycles. The molecule has 0 heterocycles. The van der Waals surface area contributed by atoms with Crippen molar-refractivity contribution in [3.63, 3.8) is 0 Å². The second-order valence-corrected chi connectivity index (χ2v) is 22.3. The van der Waals surface area contributed by atoms with Crippen molar-refractivity contribution in [2.24, 2.45) is 0 Å². The third-order valence-corrected chi connectivity index (χ3v) is 18.8. The van der Waals surface area contributed by atoms with Gasteiger partial charge in [-0.3, -0.25) is 0 Å². The zero-order chi connectivity index (χ0) is 21.5. The van der Waals surface area contributed by atoms with E-state index < -0.39 is 33.8 Å². The predicted molar refractivity (Wildman–Crippen MR) is 129 cm³/mol. The van der Waals surface area contributed by atoms with Crippen LogP contribution in [0, 0.1) is 0 Å². The molecule has 0 aromatic heterocycles. The molecule has 2 unspecified atom stereocenters. The van der Waals surface area contributed by atoms with Crippen LogP contribution in [0.4, 0.5) is 0 Å². The molecule has 0 saturated carbocycles. The fourth-order valence-electron chi connectivity index (χ4n) is 2.70. The van der Waals surface area contributed by atoms with Gasteiger partial charge in [0.25, 0.3) is 8.32 Å². The molecule has 0 amide bonds. The van der Waals surface area contributed by atoms with Gasteiger partial charge < -0.3 is 12.3 Å². The van der Waals surface area contributed by atoms with Gasteiger partial charge in [0.15, 0.2) is 8.32 Å². The van der Waals surface area contributed by atoms with Crippen LogP contribution >= 0.6 is 0 Å². The van der Waals surface area contributed by atoms with Crippen LogP contribution in [0.3, 0.4) is 0 Å². The van der Waals surface area contributed by atoms with Crippen molar-refractivity contribution in [1.82, 2.24) is 0 Å². The third kappa shape index (κ3) is 7.26. The van der Waals surface area contributed by atoms with E-state index in [2.05, 4.69) is 72.4 Å². The molecule has 0 rings (SSSR count). The van der Waals surface area contributed by atoms with Gasteiger partial charge in [-0.1, -0.05) is 33.9 Å². The summed E-state index contributed by atoms with van der Waals surface area (Å²) in [5.41, 5.74) is 10.7. The second kappa shape index (κ2) is 10.1. The quantitative estimate of drug-likeness (QED) is 0.337. The van der Waals surface area contributed by atoms with Crippen LogP contribution in [-0.2, 0) is 12.3 Å². The number of hydrogen-bond donors (Lipinski definition) is 0. The zero-order valence-corrected chi connectivity index (χ0v) is 22.5. The van der Waals surface area contributed by atoms with E-state index in [-0.39, 0.29) is 0 Å². The first-order valence-corrected chi connectivity index (χ1v) is 19.0. The lowest BCUT2D eigenvalue weighted by molar-refractivity contribution is 0.348. The van der Waals surface area contributed by atoms with Gasteiger partial charge in [0.2, 0.25) is 0 Å². The molecule has 0 N–H and O–H groups in total. The van der Waals surface area contributed by atoms with Gasteiger partial charge in [0.05, 0.1) is 0 Å². The van der Waals surface area contributed by atoms with Gasteiger partial charge in [0.1, 0.15) is 0 Å². The summed E-state index contributed by atoms with van der Waals surface area (Å²) in [5, 5.41) is 1.20. The Morgan fingerprint density at radius 3 is 1.56 bits per heavy atom. The van der Waals surface area contributed by atoms with E-state index in [1.807, 2.05) is 30.9 Å². The van der Waals surface area contributed by atoms with Gasteiger partial charge in [-0.05, 0) is 65.3 Å². The largest absolute Gasteiger partial charge is 0.434 e. The molecular weight excluding hydrogens is 401 g/mol. The van der Waals surface area contributed by atoms with E-state index in [0.29, 0.717) is 0 Å². The highest BCUT2D eigenvalue weighted by atomic mass is 28.5. The van der Waals surface area contributed by atoms with Crippen LogP contribution in [0.25, 0.3) is 0 Å². The SMILES string of the molecule is C=C[Si](C)(O[Si](C)(C)C)O[Si](C=C)(C=C)O[Si](C=C)(C=CC)C(C)=C(C)C. The smallest absolute Gasteiger partial charge is 0.372 e. The lowest BCUT2D eigenvalue weighted by Gasteiger charge is -2.41. The van der Waals surface area contributed by atoms with Crippen molar-refractivity contribution in [2.75, 3.05) is 0 Å². The summed E-state index contributed by atoms with van der Waals surface area (Å²) < 4.78 is 19.9. The van der Waals surface area contributed by atoms with Crippen molar-refractivity contribution < 1.29 is 12.3 Å². The normalized spacial score (nSPS) is 16.9. The second-order valence-electron chi connectivity index (χ2n) is 7.89. The molecule has 2 atom stereocenters. The number of hydrogen-bond acceptors (Lipinski definition) is 3. The van der Waals surface area contributed by atoms with Crippen molar-refractivity contribution in [2.45, 2.75) is 53.9 Å². The van der Waals surface area contributed by atoms with Gasteiger partial charge in [0, 0.05) is 0 Å². The van der Waals surface area contributed by atoms with Gasteiger partial charge in [-0.15, -0.1) is 26.3 Å². The van der Waals surface area contributed by atoms with E-state index in [1.54, 1.807) is 11.4 Å². The molecule has 0 fully saturated rings. The summed E-state index contributed by atoms with van der Waals surface area (Å²) in [4.78, 5) is 0. The Labute approximate surface area is 171 Å². The van der Waals surface area contributed by atoms with Crippen molar-refractivity contribution in [3.8, 4) is 0 Å². The minimum atomic E-state index is -2.98. The maximum Gasteiger partial charge on any atom is 0.372 e. The van der Waals surface area contributed by atoms with E-state index in [9.17, 15) is 0 Å². The highest BCUT2D eigenvalue weighted by Crippen LogP contribution is 2.31. The first kappa shape index (κ1) is 26.2. The molecule has 0 aliphatic rings. The minimum absolute atomic E-state index is 1.20. The third-order valence-electron chi connectivity index (χ3n) is 4.19. The Hall–Kier alpha value is -0.812. The van der Waals surface area contributed by atoms with E-state index in [4.69, 9.17) is 12.3 Å². The standard InChI is InChI=1S/C20H38O3Si4/c1-13-18-26(15-3,20(8)19(6)7)23-27(16-4,17-5)22-25(12,14-2)21-24(9,10)11/h13-18H,2-5H2,1,6-12H3. The fourth-order valence-corrected chi connectivity index (χ4v) is 18.6. The summed E-state index contributed by atoms with van der Waals surface area (Å²) in [6, 6.07) is 0. The van der Waals surface area contributed by atoms with Crippen LogP contribution in [-0.4, -0.2) is 33.8 Å². The van der Waals surface area contributed by atoms with Crippen LogP contribution in [0.1, 0.15) is 27.7 Å². The zero-order valence-electron chi connectivity index (χ0n) is 18.5. The van der Waals surface area contributed by atoms with Gasteiger partial charge in [-0.2, -0.15) is 0 Å². The molecule has 0 saturated heterocycles. The Morgan fingerprint density at radius 1 is 0.741 bits per heavy atom. The summed E-state index contributed by atoms with van der Waals surface area (Å²) in [6.45, 7) is 32.9. The minimum Gasteiger partial charge on any atom is -0.434 e. The molecule has 0 bridgehead atoms. The average Bonchev–Trinajstić information content (AvgIpc) is 2.58. The fraction of sp³-hybridized carbons (Fsp3) is 0.400. The lowest BCUT2D eigenvalue weighted by Crippen LogP contribution is -2.59. The highest BCUT2D eigenvalue weighted by Gasteiger charge is 2.48. The molecule has 3 nitrogen and oxygen atoms in total. The van der Waals surface area contributed by atoms with Crippen LogP contribution in [0.15, 0.2) is 71.7 Å². The summed E-state index contributed by atoms with van der Waals surface area (Å²) in [5.74, 6) is 0. The van der Waals surface area contributed by atoms with E-state index >= 15 is 0 Å². The Kier molecular flexibility index (Phi) is 9.80. The summed E-state index contributed by atoms with van der Waals surface area (Å²) >= 11 is 0. The monoisotopic (exact) mass is 438 g/mol. The van der Waals surface area contributed by atoms with Crippen LogP contribution < -0.4 is 0 Å². The van der Waals surface area contributed by atoms with E-state index in [1.165, 1.54) is 10.8 Å². The molecule has 27 heavy (non-hydrogen) atoms. The number of rotatable bonds is 12. The van der Waals surface area contributed by atoms with Crippen molar-refractivity contribution in [3.05, 3.63) is 71.7 Å². The molecule has 0 radical (unpaired) electrons. The Balaban J connectivity index is 6.31. The lowest BCUT2D eigenvalue weighted by atomic mass is 10.3. The molecule has 152 valence electrons. The Morgan fingerprint density at radius 2 is 1.26 bits per heavy atom. The molecular formula is C20H38O3Si4. The highest BCUT2D eigenvalue weighted by molar-refractivity contribution is 7.00. The molecule has 0 aliphatic carbocycles. The van der Waals surface area contributed by atoms with Crippen LogP contribution in [0.2, 0.25) is 26.2 Å². The maximum absolute atomic E-state index is 6.83. The van der Waals surface area contributed by atoms with E-state index in [0.717, 1.165) is 0 Å². The molecule has 0 aromatic rings. The topological polar surface area (TPSA) is 27.7 Å². The predicted octanol–water partition coefficient (Wildman–Crippen LogP) is 6.24. The number of allylic oxidation sites excluding steroid dienone is 3. The first-order chi connectivity index (χ1) is 12.3. The van der Waals surface area contributed by atoms with Gasteiger partial charge >= 0.3 is 17.1 Å². The van der Waals surface area contributed by atoms with Crippen LogP contribution in [0.5, 0.6) is 0 Å². The average molecular weight is 439 g/mol. The van der Waals surface area contributed by atoms with Gasteiger partial charge in [-0.25, -0.2) is 0 Å². The molecule has 0 spiro atoms. The van der Waals surface area contributed by atoms with Crippen molar-refractivity contribution in [1.29, 1.82) is 0 Å². The molecule has 0 aromatic carbocycles. The maximum atomic E-state index is 6.83. The summed E-state index contributed by atoms with van der Waals surface area (Å²) in [6.07, 6.45) is 2.02. The Bertz CT molecular complexity index is 622. The molecule has 7 heteroatoms.